The molecule has 3 aromatic rings. The molecule has 146 valence electrons. The first-order valence-corrected chi connectivity index (χ1v) is 9.41. The third-order valence-electron chi connectivity index (χ3n) is 4.64. The van der Waals surface area contributed by atoms with Crippen LogP contribution in [0.4, 0.5) is 0 Å². The van der Waals surface area contributed by atoms with E-state index < -0.39 is 0 Å². The Bertz CT molecular complexity index is 996. The lowest BCUT2D eigenvalue weighted by atomic mass is 10.1. The lowest BCUT2D eigenvalue weighted by Gasteiger charge is -2.14. The zero-order valence-electron chi connectivity index (χ0n) is 15.9. The normalized spacial score (nSPS) is 12.0. The van der Waals surface area contributed by atoms with Gasteiger partial charge in [0.15, 0.2) is 0 Å². The molecule has 0 aliphatic heterocycles. The first-order valence-electron chi connectivity index (χ1n) is 9.41. The number of rotatable bonds is 9. The molecular weight excluding hydrogens is 354 g/mol. The Labute approximate surface area is 163 Å². The van der Waals surface area contributed by atoms with Crippen molar-refractivity contribution in [1.82, 2.24) is 9.88 Å². The van der Waals surface area contributed by atoms with Gasteiger partial charge in [0.2, 0.25) is 5.91 Å². The Morgan fingerprint density at radius 2 is 1.89 bits per heavy atom. The molecule has 2 aromatic carbocycles. The lowest BCUT2D eigenvalue weighted by molar-refractivity contribution is -0.120. The topological polar surface area (TPSA) is 86.3 Å². The summed E-state index contributed by atoms with van der Waals surface area (Å²) in [5.74, 6) is 0.361. The van der Waals surface area contributed by atoms with Crippen LogP contribution in [0.25, 0.3) is 10.8 Å². The minimum atomic E-state index is -0.378. The average molecular weight is 379 g/mol. The second kappa shape index (κ2) is 9.19. The van der Waals surface area contributed by atoms with E-state index >= 15 is 0 Å². The van der Waals surface area contributed by atoms with Crippen LogP contribution in [0.15, 0.2) is 65.6 Å². The number of hydrogen-bond acceptors (Lipinski definition) is 4. The van der Waals surface area contributed by atoms with Crippen molar-refractivity contribution in [3.63, 3.8) is 0 Å². The van der Waals surface area contributed by atoms with Gasteiger partial charge in [-0.25, -0.2) is 0 Å². The number of likely N-dealkylation sites (N-methyl/N-ethyl adjacent to an activating group) is 1. The van der Waals surface area contributed by atoms with Crippen molar-refractivity contribution in [2.45, 2.75) is 25.9 Å². The maximum atomic E-state index is 12.5. The zero-order valence-corrected chi connectivity index (χ0v) is 15.9. The fourth-order valence-corrected chi connectivity index (χ4v) is 3.14. The third-order valence-corrected chi connectivity index (χ3v) is 4.64. The van der Waals surface area contributed by atoms with E-state index in [2.05, 4.69) is 5.32 Å². The Morgan fingerprint density at radius 1 is 1.14 bits per heavy atom. The summed E-state index contributed by atoms with van der Waals surface area (Å²) in [6.45, 7) is 3.48. The first kappa shape index (κ1) is 19.6. The summed E-state index contributed by atoms with van der Waals surface area (Å²) < 4.78 is 7.42. The number of pyridine rings is 1. The maximum absolute atomic E-state index is 12.5. The smallest absolute Gasteiger partial charge is 0.258 e. The summed E-state index contributed by atoms with van der Waals surface area (Å²) in [6, 6.07) is 16.7. The Morgan fingerprint density at radius 3 is 2.61 bits per heavy atom. The molecule has 1 unspecified atom stereocenters. The third kappa shape index (κ3) is 4.78. The fourth-order valence-electron chi connectivity index (χ4n) is 3.14. The summed E-state index contributed by atoms with van der Waals surface area (Å²) in [5.41, 5.74) is 6.40. The Hall–Kier alpha value is -3.12. The predicted molar refractivity (Wildman–Crippen MR) is 111 cm³/mol. The van der Waals surface area contributed by atoms with E-state index in [-0.39, 0.29) is 17.5 Å². The molecule has 1 atom stereocenters. The number of benzene rings is 2. The van der Waals surface area contributed by atoms with Gasteiger partial charge in [-0.2, -0.15) is 0 Å². The van der Waals surface area contributed by atoms with Gasteiger partial charge in [-0.15, -0.1) is 0 Å². The summed E-state index contributed by atoms with van der Waals surface area (Å²) in [4.78, 5) is 23.9. The molecule has 0 bridgehead atoms. The number of nitrogens with zero attached hydrogens (tertiary/aromatic N) is 1. The van der Waals surface area contributed by atoms with Crippen molar-refractivity contribution < 1.29 is 9.53 Å². The van der Waals surface area contributed by atoms with E-state index in [1.165, 1.54) is 0 Å². The summed E-state index contributed by atoms with van der Waals surface area (Å²) in [7, 11) is 0. The van der Waals surface area contributed by atoms with E-state index in [0.29, 0.717) is 31.5 Å². The van der Waals surface area contributed by atoms with Crippen molar-refractivity contribution in [3.8, 4) is 5.75 Å². The van der Waals surface area contributed by atoms with E-state index in [1.807, 2.05) is 61.5 Å². The minimum absolute atomic E-state index is 0.0158. The Kier molecular flexibility index (Phi) is 6.45. The van der Waals surface area contributed by atoms with E-state index in [4.69, 9.17) is 10.5 Å². The van der Waals surface area contributed by atoms with Crippen LogP contribution >= 0.6 is 0 Å². The molecule has 6 nitrogen and oxygen atoms in total. The quantitative estimate of drug-likeness (QED) is 0.596. The number of nitrogens with one attached hydrogen (secondary N) is 1. The molecule has 0 fully saturated rings. The van der Waals surface area contributed by atoms with Gasteiger partial charge in [-0.1, -0.05) is 37.3 Å². The van der Waals surface area contributed by atoms with Crippen LogP contribution in [0, 0.1) is 0 Å². The fraction of sp³-hybridized carbons (Fsp3) is 0.273. The van der Waals surface area contributed by atoms with Gasteiger partial charge in [-0.3, -0.25) is 9.59 Å². The molecule has 1 amide bonds. The van der Waals surface area contributed by atoms with Crippen LogP contribution in [-0.4, -0.2) is 29.7 Å². The molecule has 0 saturated heterocycles. The molecule has 6 heteroatoms. The lowest BCUT2D eigenvalue weighted by Crippen LogP contribution is -2.42. The molecular formula is C22H25N3O3. The summed E-state index contributed by atoms with van der Waals surface area (Å²) in [6.07, 6.45) is 2.33. The summed E-state index contributed by atoms with van der Waals surface area (Å²) >= 11 is 0. The number of aromatic nitrogens is 1. The van der Waals surface area contributed by atoms with Crippen LogP contribution in [0.3, 0.4) is 0 Å². The number of nitrogens with two attached hydrogens (primary N) is 1. The molecule has 0 spiro atoms. The average Bonchev–Trinajstić information content (AvgIpc) is 2.70. The highest BCUT2D eigenvalue weighted by Gasteiger charge is 2.14. The van der Waals surface area contributed by atoms with Crippen molar-refractivity contribution in [1.29, 1.82) is 0 Å². The molecule has 0 radical (unpaired) electrons. The molecule has 28 heavy (non-hydrogen) atoms. The van der Waals surface area contributed by atoms with Crippen molar-refractivity contribution in [2.24, 2.45) is 5.73 Å². The number of amides is 1. The van der Waals surface area contributed by atoms with Gasteiger partial charge in [0.1, 0.15) is 12.4 Å². The minimum Gasteiger partial charge on any atom is -0.492 e. The van der Waals surface area contributed by atoms with Crippen LogP contribution in [0.1, 0.15) is 12.5 Å². The molecule has 3 rings (SSSR count). The highest BCUT2D eigenvalue weighted by Crippen LogP contribution is 2.14. The summed E-state index contributed by atoms with van der Waals surface area (Å²) in [5, 5.41) is 4.72. The zero-order chi connectivity index (χ0) is 19.9. The van der Waals surface area contributed by atoms with Gasteiger partial charge in [0.05, 0.1) is 12.6 Å². The number of primary amides is 1. The van der Waals surface area contributed by atoms with Gasteiger partial charge < -0.3 is 20.4 Å². The molecule has 0 aliphatic rings. The van der Waals surface area contributed by atoms with Crippen molar-refractivity contribution in [3.05, 3.63) is 76.7 Å². The van der Waals surface area contributed by atoms with Gasteiger partial charge in [0.25, 0.3) is 5.56 Å². The number of fused-ring (bicyclic) bond motifs is 1. The monoisotopic (exact) mass is 379 g/mol. The Balaban J connectivity index is 1.57. The first-order chi connectivity index (χ1) is 13.6. The van der Waals surface area contributed by atoms with E-state index in [1.54, 1.807) is 10.8 Å². The SMILES string of the molecule is CCNC(Cc1ccc(OCCn2ccc3ccccc3c2=O)cc1)C(N)=O. The van der Waals surface area contributed by atoms with E-state index in [9.17, 15) is 9.59 Å². The predicted octanol–water partition coefficient (Wildman–Crippen LogP) is 2.09. The molecule has 1 aromatic heterocycles. The van der Waals surface area contributed by atoms with Crippen LogP contribution in [0.2, 0.25) is 0 Å². The highest BCUT2D eigenvalue weighted by molar-refractivity contribution is 5.81. The second-order valence-electron chi connectivity index (χ2n) is 6.61. The van der Waals surface area contributed by atoms with Crippen molar-refractivity contribution >= 4 is 16.7 Å². The molecule has 3 N–H and O–H groups in total. The number of ether oxygens (including phenoxy) is 1. The van der Waals surface area contributed by atoms with Gasteiger partial charge >= 0.3 is 0 Å². The molecule has 1 heterocycles. The van der Waals surface area contributed by atoms with Crippen LogP contribution in [-0.2, 0) is 17.8 Å². The van der Waals surface area contributed by atoms with E-state index in [0.717, 1.165) is 16.7 Å². The van der Waals surface area contributed by atoms with Gasteiger partial charge in [-0.05, 0) is 48.2 Å². The number of carbonyl (C=O) groups is 1. The maximum Gasteiger partial charge on any atom is 0.258 e. The second-order valence-corrected chi connectivity index (χ2v) is 6.61. The number of carbonyl (C=O) groups excluding carboxylic acids is 1. The standard InChI is InChI=1S/C22H25N3O3/c1-2-24-20(21(23)26)15-16-7-9-18(10-8-16)28-14-13-25-12-11-17-5-3-4-6-19(17)22(25)27/h3-12,20,24H,2,13-15H2,1H3,(H2,23,26). The molecule has 0 aliphatic carbocycles. The van der Waals surface area contributed by atoms with Crippen LogP contribution < -0.4 is 21.3 Å². The number of hydrogen-bond donors (Lipinski definition) is 2. The largest absolute Gasteiger partial charge is 0.492 e. The van der Waals surface area contributed by atoms with Crippen molar-refractivity contribution in [2.75, 3.05) is 13.2 Å². The highest BCUT2D eigenvalue weighted by atomic mass is 16.5. The van der Waals surface area contributed by atoms with Crippen LogP contribution in [0.5, 0.6) is 5.75 Å². The van der Waals surface area contributed by atoms with Gasteiger partial charge in [0, 0.05) is 11.6 Å². The molecule has 0 saturated carbocycles.